The van der Waals surface area contributed by atoms with Gasteiger partial charge in [0.2, 0.25) is 0 Å². The first-order valence-corrected chi connectivity index (χ1v) is 8.25. The van der Waals surface area contributed by atoms with E-state index in [1.165, 1.54) is 27.5 Å². The Bertz CT molecular complexity index is 811. The number of nitrogens with one attached hydrogen (secondary N) is 1. The molecule has 1 amide bonds. The van der Waals surface area contributed by atoms with Crippen LogP contribution < -0.4 is 19.6 Å². The molecule has 0 atom stereocenters. The van der Waals surface area contributed by atoms with Crippen molar-refractivity contribution in [2.45, 2.75) is 0 Å². The number of carbonyl (C=O) groups is 1. The fourth-order valence-electron chi connectivity index (χ4n) is 2.06. The maximum atomic E-state index is 12.3. The van der Waals surface area contributed by atoms with Crippen LogP contribution in [0.2, 0.25) is 5.02 Å². The van der Waals surface area contributed by atoms with E-state index in [-0.39, 0.29) is 0 Å². The second-order valence-corrected chi connectivity index (χ2v) is 6.10. The van der Waals surface area contributed by atoms with Crippen molar-refractivity contribution in [1.29, 1.82) is 0 Å². The quantitative estimate of drug-likeness (QED) is 0.561. The molecule has 0 aliphatic rings. The van der Waals surface area contributed by atoms with Crippen molar-refractivity contribution in [3.8, 4) is 17.2 Å². The van der Waals surface area contributed by atoms with Gasteiger partial charge >= 0.3 is 0 Å². The van der Waals surface area contributed by atoms with E-state index in [1.807, 2.05) is 0 Å². The van der Waals surface area contributed by atoms with Gasteiger partial charge in [-0.1, -0.05) is 27.5 Å². The van der Waals surface area contributed by atoms with Crippen LogP contribution >= 0.6 is 27.5 Å². The molecule has 0 spiro atoms. The van der Waals surface area contributed by atoms with E-state index in [0.29, 0.717) is 33.4 Å². The van der Waals surface area contributed by atoms with Gasteiger partial charge in [0, 0.05) is 16.1 Å². The number of amides is 1. The molecule has 0 unspecified atom stereocenters. The smallest absolute Gasteiger partial charge is 0.275 e. The first-order valence-electron chi connectivity index (χ1n) is 7.08. The Hall–Kier alpha value is -2.25. The molecule has 0 saturated heterocycles. The molecule has 132 valence electrons. The number of rotatable bonds is 6. The third-order valence-corrected chi connectivity index (χ3v) is 4.07. The van der Waals surface area contributed by atoms with Crippen molar-refractivity contribution in [2.24, 2.45) is 5.10 Å². The van der Waals surface area contributed by atoms with Crippen LogP contribution in [0.15, 0.2) is 39.9 Å². The third-order valence-electron chi connectivity index (χ3n) is 3.28. The Morgan fingerprint density at radius 3 is 2.40 bits per heavy atom. The lowest BCUT2D eigenvalue weighted by Crippen LogP contribution is -2.18. The molecule has 2 aromatic rings. The van der Waals surface area contributed by atoms with Gasteiger partial charge in [0.15, 0.2) is 0 Å². The summed E-state index contributed by atoms with van der Waals surface area (Å²) in [7, 11) is 4.53. The van der Waals surface area contributed by atoms with Gasteiger partial charge in [0.25, 0.3) is 5.91 Å². The molecule has 0 bridgehead atoms. The van der Waals surface area contributed by atoms with Crippen molar-refractivity contribution in [3.63, 3.8) is 0 Å². The van der Waals surface area contributed by atoms with Crippen LogP contribution in [0.3, 0.4) is 0 Å². The normalized spacial score (nSPS) is 10.6. The lowest BCUT2D eigenvalue weighted by Gasteiger charge is -2.09. The van der Waals surface area contributed by atoms with Gasteiger partial charge in [-0.2, -0.15) is 5.10 Å². The Labute approximate surface area is 158 Å². The molecule has 0 aromatic heterocycles. The predicted molar refractivity (Wildman–Crippen MR) is 100 cm³/mol. The molecular weight excluding hydrogens is 412 g/mol. The van der Waals surface area contributed by atoms with Gasteiger partial charge < -0.3 is 14.2 Å². The van der Waals surface area contributed by atoms with E-state index in [1.54, 1.807) is 30.3 Å². The second-order valence-electron chi connectivity index (χ2n) is 4.77. The van der Waals surface area contributed by atoms with Crippen molar-refractivity contribution >= 4 is 39.7 Å². The number of carbonyl (C=O) groups excluding carboxylic acids is 1. The van der Waals surface area contributed by atoms with Crippen LogP contribution in [-0.4, -0.2) is 33.5 Å². The van der Waals surface area contributed by atoms with Crippen LogP contribution in [0.25, 0.3) is 0 Å². The van der Waals surface area contributed by atoms with Crippen LogP contribution in [-0.2, 0) is 0 Å². The molecule has 0 heterocycles. The molecule has 0 fully saturated rings. The molecule has 0 saturated carbocycles. The molecule has 0 aliphatic heterocycles. The van der Waals surface area contributed by atoms with Crippen molar-refractivity contribution in [2.75, 3.05) is 21.3 Å². The van der Waals surface area contributed by atoms with Crippen molar-refractivity contribution in [1.82, 2.24) is 5.43 Å². The summed E-state index contributed by atoms with van der Waals surface area (Å²) in [5.41, 5.74) is 3.40. The molecule has 25 heavy (non-hydrogen) atoms. The first kappa shape index (κ1) is 19.1. The van der Waals surface area contributed by atoms with Gasteiger partial charge in [0.05, 0.1) is 38.1 Å². The monoisotopic (exact) mass is 426 g/mol. The van der Waals surface area contributed by atoms with Crippen LogP contribution in [0.4, 0.5) is 0 Å². The lowest BCUT2D eigenvalue weighted by atomic mass is 10.2. The van der Waals surface area contributed by atoms with Gasteiger partial charge in [-0.25, -0.2) is 5.43 Å². The zero-order chi connectivity index (χ0) is 18.4. The second kappa shape index (κ2) is 8.73. The molecular formula is C17H16BrClN2O4. The zero-order valence-corrected chi connectivity index (χ0v) is 16.1. The fourth-order valence-corrected chi connectivity index (χ4v) is 2.67. The molecule has 2 aromatic carbocycles. The Kier molecular flexibility index (Phi) is 6.66. The number of hydrogen-bond acceptors (Lipinski definition) is 5. The average molecular weight is 428 g/mol. The number of hydrazone groups is 1. The van der Waals surface area contributed by atoms with Crippen molar-refractivity contribution < 1.29 is 19.0 Å². The van der Waals surface area contributed by atoms with Crippen LogP contribution in [0.1, 0.15) is 15.9 Å². The summed E-state index contributed by atoms with van der Waals surface area (Å²) in [6, 6.07) is 8.39. The molecule has 6 nitrogen and oxygen atoms in total. The highest BCUT2D eigenvalue weighted by Crippen LogP contribution is 2.31. The molecule has 0 radical (unpaired) electrons. The number of halogens is 2. The topological polar surface area (TPSA) is 69.2 Å². The van der Waals surface area contributed by atoms with Crippen LogP contribution in [0.5, 0.6) is 17.2 Å². The number of benzene rings is 2. The van der Waals surface area contributed by atoms with Crippen LogP contribution in [0, 0.1) is 0 Å². The summed E-state index contributed by atoms with van der Waals surface area (Å²) >= 11 is 9.42. The van der Waals surface area contributed by atoms with E-state index < -0.39 is 5.91 Å². The molecule has 2 rings (SSSR count). The number of hydrogen-bond donors (Lipinski definition) is 1. The maximum absolute atomic E-state index is 12.3. The summed E-state index contributed by atoms with van der Waals surface area (Å²) in [5, 5.41) is 4.36. The number of methoxy groups -OCH3 is 3. The van der Waals surface area contributed by atoms with Gasteiger partial charge in [0.1, 0.15) is 17.2 Å². The number of nitrogens with zero attached hydrogens (tertiary/aromatic N) is 1. The minimum atomic E-state index is -0.409. The van der Waals surface area contributed by atoms with E-state index >= 15 is 0 Å². The summed E-state index contributed by atoms with van der Waals surface area (Å²) in [4.78, 5) is 12.3. The summed E-state index contributed by atoms with van der Waals surface area (Å²) in [6.07, 6.45) is 1.44. The molecule has 1 N–H and O–H groups in total. The predicted octanol–water partition coefficient (Wildman–Crippen LogP) is 3.89. The lowest BCUT2D eigenvalue weighted by molar-refractivity contribution is 0.0952. The zero-order valence-electron chi connectivity index (χ0n) is 13.8. The van der Waals surface area contributed by atoms with Gasteiger partial charge in [-0.15, -0.1) is 0 Å². The minimum absolute atomic E-state index is 0.355. The van der Waals surface area contributed by atoms with Crippen molar-refractivity contribution in [3.05, 3.63) is 51.0 Å². The maximum Gasteiger partial charge on any atom is 0.275 e. The van der Waals surface area contributed by atoms with Gasteiger partial charge in [-0.3, -0.25) is 4.79 Å². The van der Waals surface area contributed by atoms with E-state index in [9.17, 15) is 4.79 Å². The highest BCUT2D eigenvalue weighted by molar-refractivity contribution is 9.10. The molecule has 8 heteroatoms. The average Bonchev–Trinajstić information content (AvgIpc) is 2.61. The largest absolute Gasteiger partial charge is 0.496 e. The van der Waals surface area contributed by atoms with Gasteiger partial charge in [-0.05, 0) is 24.3 Å². The standard InChI is InChI=1S/C17H16BrClN2O4/c1-23-14-5-4-11(18)7-12(14)17(22)21-20-9-10-6-13(19)16(25-3)8-15(10)24-2/h4-9H,1-3H3,(H,21,22)/b20-9-. The SMILES string of the molecule is COc1cc(OC)c(/C=N\NC(=O)c2cc(Br)ccc2OC)cc1Cl. The summed E-state index contributed by atoms with van der Waals surface area (Å²) in [5.74, 6) is 1.03. The Morgan fingerprint density at radius 1 is 1.08 bits per heavy atom. The number of ether oxygens (including phenoxy) is 3. The summed E-state index contributed by atoms with van der Waals surface area (Å²) in [6.45, 7) is 0. The third kappa shape index (κ3) is 4.64. The molecule has 0 aliphatic carbocycles. The Morgan fingerprint density at radius 2 is 1.76 bits per heavy atom. The highest BCUT2D eigenvalue weighted by Gasteiger charge is 2.12. The van der Waals surface area contributed by atoms with E-state index in [4.69, 9.17) is 25.8 Å². The minimum Gasteiger partial charge on any atom is -0.496 e. The fraction of sp³-hybridized carbons (Fsp3) is 0.176. The highest BCUT2D eigenvalue weighted by atomic mass is 79.9. The Balaban J connectivity index is 2.20. The van der Waals surface area contributed by atoms with E-state index in [2.05, 4.69) is 26.5 Å². The van der Waals surface area contributed by atoms with E-state index in [0.717, 1.165) is 4.47 Å². The summed E-state index contributed by atoms with van der Waals surface area (Å²) < 4.78 is 16.3. The first-order chi connectivity index (χ1) is 12.0.